The first-order chi connectivity index (χ1) is 12.4. The largest absolute Gasteiger partial charge is 0.489 e. The smallest absolute Gasteiger partial charge is 0.416 e. The Balaban J connectivity index is 1.82. The zero-order valence-corrected chi connectivity index (χ0v) is 13.6. The molecule has 1 N–H and O–H groups in total. The lowest BCUT2D eigenvalue weighted by atomic mass is 10.1. The predicted molar refractivity (Wildman–Crippen MR) is 87.0 cm³/mol. The molecule has 0 aliphatic carbocycles. The van der Waals surface area contributed by atoms with Crippen LogP contribution in [0, 0.1) is 18.3 Å². The Labute approximate surface area is 147 Å². The summed E-state index contributed by atoms with van der Waals surface area (Å²) in [4.78, 5) is 0. The molecule has 8 heteroatoms. The third kappa shape index (κ3) is 3.83. The van der Waals surface area contributed by atoms with E-state index in [1.807, 2.05) is 19.1 Å². The Hall–Kier alpha value is -3.34. The minimum absolute atomic E-state index is 0.0171. The number of aromatic amines is 1. The summed E-state index contributed by atoms with van der Waals surface area (Å²) >= 11 is 0. The van der Waals surface area contributed by atoms with Gasteiger partial charge in [-0.2, -0.15) is 18.4 Å². The second kappa shape index (κ2) is 6.88. The van der Waals surface area contributed by atoms with Crippen molar-refractivity contribution in [2.45, 2.75) is 19.7 Å². The molecule has 0 saturated carbocycles. The van der Waals surface area contributed by atoms with Crippen LogP contribution in [0.4, 0.5) is 13.2 Å². The zero-order valence-electron chi connectivity index (χ0n) is 13.6. The molecule has 5 nitrogen and oxygen atoms in total. The minimum Gasteiger partial charge on any atom is -0.489 e. The van der Waals surface area contributed by atoms with E-state index in [0.29, 0.717) is 22.6 Å². The number of H-pyrrole nitrogens is 1. The first kappa shape index (κ1) is 17.5. The van der Waals surface area contributed by atoms with E-state index in [1.165, 1.54) is 6.07 Å². The average molecular weight is 358 g/mol. The van der Waals surface area contributed by atoms with Crippen LogP contribution < -0.4 is 4.74 Å². The summed E-state index contributed by atoms with van der Waals surface area (Å²) in [7, 11) is 0. The van der Waals surface area contributed by atoms with Crippen LogP contribution >= 0.6 is 0 Å². The molecule has 26 heavy (non-hydrogen) atoms. The maximum atomic E-state index is 12.8. The van der Waals surface area contributed by atoms with Crippen LogP contribution in [0.1, 0.15) is 22.4 Å². The number of hydrogen-bond acceptors (Lipinski definition) is 4. The Kier molecular flexibility index (Phi) is 4.63. The van der Waals surface area contributed by atoms with Crippen molar-refractivity contribution in [1.29, 1.82) is 5.26 Å². The van der Waals surface area contributed by atoms with Gasteiger partial charge in [0.2, 0.25) is 0 Å². The summed E-state index contributed by atoms with van der Waals surface area (Å²) in [6.07, 6.45) is -4.40. The minimum atomic E-state index is -4.40. The highest BCUT2D eigenvalue weighted by Crippen LogP contribution is 2.30. The zero-order chi connectivity index (χ0) is 18.7. The van der Waals surface area contributed by atoms with Crippen molar-refractivity contribution in [2.24, 2.45) is 0 Å². The number of aryl methyl sites for hydroxylation is 1. The quantitative estimate of drug-likeness (QED) is 0.757. The average Bonchev–Trinajstić information content (AvgIpc) is 3.08. The fourth-order valence-electron chi connectivity index (χ4n) is 2.48. The van der Waals surface area contributed by atoms with Crippen molar-refractivity contribution in [3.05, 3.63) is 64.8 Å². The maximum Gasteiger partial charge on any atom is 0.416 e. The molecule has 1 heterocycles. The van der Waals surface area contributed by atoms with Gasteiger partial charge in [0, 0.05) is 5.56 Å². The van der Waals surface area contributed by atoms with E-state index >= 15 is 0 Å². The highest BCUT2D eigenvalue weighted by atomic mass is 19.4. The van der Waals surface area contributed by atoms with E-state index in [4.69, 9.17) is 10.00 Å². The molecule has 0 radical (unpaired) electrons. The molecule has 3 aromatic rings. The second-order valence-electron chi connectivity index (χ2n) is 5.67. The van der Waals surface area contributed by atoms with E-state index < -0.39 is 11.7 Å². The summed E-state index contributed by atoms with van der Waals surface area (Å²) in [6.45, 7) is 1.82. The standard InChI is InChI=1S/C18H13F3N4O/c1-11-5-13(17-16(9-22)23-25-24-17)8-15(6-11)26-10-12-3-2-4-14(7-12)18(19,20)21/h2-8H,10H2,1H3,(H,23,24,25). The molecular weight excluding hydrogens is 345 g/mol. The van der Waals surface area contributed by atoms with Gasteiger partial charge < -0.3 is 4.74 Å². The number of hydrogen-bond donors (Lipinski definition) is 1. The van der Waals surface area contributed by atoms with Gasteiger partial charge >= 0.3 is 6.18 Å². The fraction of sp³-hybridized carbons (Fsp3) is 0.167. The van der Waals surface area contributed by atoms with E-state index in [2.05, 4.69) is 15.4 Å². The summed E-state index contributed by atoms with van der Waals surface area (Å²) in [5.41, 5.74) is 1.79. The van der Waals surface area contributed by atoms with Crippen molar-refractivity contribution in [1.82, 2.24) is 15.4 Å². The van der Waals surface area contributed by atoms with E-state index in [0.717, 1.165) is 17.7 Å². The Bertz CT molecular complexity index is 973. The van der Waals surface area contributed by atoms with Crippen LogP contribution in [0.2, 0.25) is 0 Å². The van der Waals surface area contributed by atoms with Crippen molar-refractivity contribution < 1.29 is 17.9 Å². The topological polar surface area (TPSA) is 74.6 Å². The summed E-state index contributed by atoms with van der Waals surface area (Å²) in [5, 5.41) is 19.1. The fourth-order valence-corrected chi connectivity index (χ4v) is 2.48. The van der Waals surface area contributed by atoms with E-state index in [-0.39, 0.29) is 12.3 Å². The number of benzene rings is 2. The highest BCUT2D eigenvalue weighted by molar-refractivity contribution is 5.66. The SMILES string of the molecule is Cc1cc(OCc2cccc(C(F)(F)F)c2)cc(-c2nn[nH]c2C#N)c1. The number of halogens is 3. The van der Waals surface area contributed by atoms with E-state index in [9.17, 15) is 13.2 Å². The van der Waals surface area contributed by atoms with Crippen LogP contribution in [0.3, 0.4) is 0 Å². The van der Waals surface area contributed by atoms with Crippen molar-refractivity contribution in [2.75, 3.05) is 0 Å². The number of nitrogens with one attached hydrogen (secondary N) is 1. The molecule has 0 saturated heterocycles. The lowest BCUT2D eigenvalue weighted by Gasteiger charge is -2.11. The van der Waals surface area contributed by atoms with Gasteiger partial charge in [0.15, 0.2) is 5.69 Å². The second-order valence-corrected chi connectivity index (χ2v) is 5.67. The van der Waals surface area contributed by atoms with Crippen molar-refractivity contribution >= 4 is 0 Å². The van der Waals surface area contributed by atoms with E-state index in [1.54, 1.807) is 18.2 Å². The lowest BCUT2D eigenvalue weighted by Crippen LogP contribution is -2.06. The normalized spacial score (nSPS) is 11.2. The number of alkyl halides is 3. The van der Waals surface area contributed by atoms with Crippen LogP contribution in [0.15, 0.2) is 42.5 Å². The van der Waals surface area contributed by atoms with Gasteiger partial charge in [0.05, 0.1) is 5.56 Å². The van der Waals surface area contributed by atoms with Gasteiger partial charge in [-0.1, -0.05) is 17.3 Å². The molecule has 0 aliphatic rings. The van der Waals surface area contributed by atoms with Gasteiger partial charge in [0.25, 0.3) is 0 Å². The third-order valence-corrected chi connectivity index (χ3v) is 3.64. The monoisotopic (exact) mass is 358 g/mol. The first-order valence-corrected chi connectivity index (χ1v) is 7.59. The summed E-state index contributed by atoms with van der Waals surface area (Å²) in [5.74, 6) is 0.462. The van der Waals surface area contributed by atoms with Crippen molar-refractivity contribution in [3.63, 3.8) is 0 Å². The highest BCUT2D eigenvalue weighted by Gasteiger charge is 2.30. The number of aromatic nitrogens is 3. The van der Waals surface area contributed by atoms with Crippen LogP contribution in [-0.4, -0.2) is 15.4 Å². The van der Waals surface area contributed by atoms with Crippen molar-refractivity contribution in [3.8, 4) is 23.1 Å². The Morgan fingerprint density at radius 2 is 2.00 bits per heavy atom. The predicted octanol–water partition coefficient (Wildman–Crippen LogP) is 4.25. The molecule has 0 bridgehead atoms. The number of nitriles is 1. The van der Waals surface area contributed by atoms with Crippen LogP contribution in [0.25, 0.3) is 11.3 Å². The number of ether oxygens (including phenoxy) is 1. The molecule has 0 fully saturated rings. The number of rotatable bonds is 4. The van der Waals surface area contributed by atoms with Crippen LogP contribution in [-0.2, 0) is 12.8 Å². The van der Waals surface area contributed by atoms with Crippen LogP contribution in [0.5, 0.6) is 5.75 Å². The number of nitrogens with zero attached hydrogens (tertiary/aromatic N) is 3. The maximum absolute atomic E-state index is 12.8. The van der Waals surface area contributed by atoms with Gasteiger partial charge in [-0.3, -0.25) is 0 Å². The molecule has 0 aliphatic heterocycles. The molecule has 0 spiro atoms. The molecule has 1 aromatic heterocycles. The van der Waals surface area contributed by atoms with Gasteiger partial charge in [-0.25, -0.2) is 5.10 Å². The lowest BCUT2D eigenvalue weighted by molar-refractivity contribution is -0.137. The molecule has 132 valence electrons. The first-order valence-electron chi connectivity index (χ1n) is 7.59. The Morgan fingerprint density at radius 1 is 1.19 bits per heavy atom. The molecular formula is C18H13F3N4O. The molecule has 0 unspecified atom stereocenters. The summed E-state index contributed by atoms with van der Waals surface area (Å²) < 4.78 is 44.0. The molecule has 0 atom stereocenters. The van der Waals surface area contributed by atoms with Gasteiger partial charge in [-0.05, 0) is 48.4 Å². The molecule has 3 rings (SSSR count). The van der Waals surface area contributed by atoms with Gasteiger partial charge in [-0.15, -0.1) is 5.10 Å². The van der Waals surface area contributed by atoms with Gasteiger partial charge in [0.1, 0.15) is 24.1 Å². The third-order valence-electron chi connectivity index (χ3n) is 3.64. The molecule has 0 amide bonds. The Morgan fingerprint density at radius 3 is 2.73 bits per heavy atom. The summed E-state index contributed by atoms with van der Waals surface area (Å²) in [6, 6.07) is 12.2. The molecule has 2 aromatic carbocycles.